The van der Waals surface area contributed by atoms with E-state index in [9.17, 15) is 13.2 Å². The number of sulfonamides is 1. The average molecular weight is 471 g/mol. The van der Waals surface area contributed by atoms with Gasteiger partial charge in [-0.1, -0.05) is 17.7 Å². The lowest BCUT2D eigenvalue weighted by Gasteiger charge is -2.21. The second-order valence-electron chi connectivity index (χ2n) is 6.75. The van der Waals surface area contributed by atoms with Gasteiger partial charge in [-0.3, -0.25) is 4.79 Å². The molecule has 2 unspecified atom stereocenters. The molecule has 2 aromatic carbocycles. The molecule has 0 aliphatic carbocycles. The number of ether oxygens (including phenoxy) is 2. The van der Waals surface area contributed by atoms with E-state index in [2.05, 4.69) is 10.0 Å². The Morgan fingerprint density at radius 1 is 1.17 bits per heavy atom. The smallest absolute Gasteiger partial charge is 0.241 e. The first-order valence-electron chi connectivity index (χ1n) is 9.27. The first-order chi connectivity index (χ1) is 14.3. The Bertz CT molecular complexity index is 999. The zero-order valence-electron chi connectivity index (χ0n) is 16.6. The molecule has 1 amide bonds. The van der Waals surface area contributed by atoms with Crippen molar-refractivity contribution in [3.63, 3.8) is 0 Å². The minimum absolute atomic E-state index is 0.0534. The number of rotatable bonds is 9. The minimum Gasteiger partial charge on any atom is -0.454 e. The molecule has 2 N–H and O–H groups in total. The van der Waals surface area contributed by atoms with E-state index in [4.69, 9.17) is 21.1 Å². The predicted molar refractivity (Wildman–Crippen MR) is 118 cm³/mol. The molecule has 7 nitrogen and oxygen atoms in total. The highest BCUT2D eigenvalue weighted by molar-refractivity contribution is 7.98. The quantitative estimate of drug-likeness (QED) is 0.583. The third kappa shape index (κ3) is 5.60. The zero-order valence-corrected chi connectivity index (χ0v) is 18.9. The van der Waals surface area contributed by atoms with E-state index in [0.29, 0.717) is 28.7 Å². The fourth-order valence-corrected chi connectivity index (χ4v) is 4.76. The van der Waals surface area contributed by atoms with E-state index in [1.807, 2.05) is 25.3 Å². The number of amides is 1. The van der Waals surface area contributed by atoms with Crippen LogP contribution in [0.4, 0.5) is 0 Å². The third-order valence-electron chi connectivity index (χ3n) is 4.60. The summed E-state index contributed by atoms with van der Waals surface area (Å²) in [6, 6.07) is 9.99. The second kappa shape index (κ2) is 9.91. The van der Waals surface area contributed by atoms with Gasteiger partial charge in [0.05, 0.1) is 10.9 Å². The van der Waals surface area contributed by atoms with Gasteiger partial charge < -0.3 is 14.8 Å². The summed E-state index contributed by atoms with van der Waals surface area (Å²) in [5.74, 6) is 1.51. The van der Waals surface area contributed by atoms with E-state index >= 15 is 0 Å². The molecule has 0 radical (unpaired) electrons. The Morgan fingerprint density at radius 3 is 2.57 bits per heavy atom. The zero-order chi connectivity index (χ0) is 21.7. The van der Waals surface area contributed by atoms with Gasteiger partial charge in [0.2, 0.25) is 22.7 Å². The molecule has 1 heterocycles. The summed E-state index contributed by atoms with van der Waals surface area (Å²) in [5, 5.41) is 3.32. The number of halogens is 1. The highest BCUT2D eigenvalue weighted by Crippen LogP contribution is 2.34. The van der Waals surface area contributed by atoms with Crippen molar-refractivity contribution in [2.24, 2.45) is 0 Å². The maximum absolute atomic E-state index is 12.9. The normalized spacial score (nSPS) is 14.9. The van der Waals surface area contributed by atoms with Crippen LogP contribution in [0.15, 0.2) is 47.4 Å². The Morgan fingerprint density at radius 2 is 1.87 bits per heavy atom. The van der Waals surface area contributed by atoms with Crippen LogP contribution in [-0.4, -0.2) is 39.2 Å². The van der Waals surface area contributed by atoms with Crippen molar-refractivity contribution >= 4 is 39.3 Å². The van der Waals surface area contributed by atoms with Crippen molar-refractivity contribution in [3.05, 3.63) is 53.1 Å². The summed E-state index contributed by atoms with van der Waals surface area (Å²) in [4.78, 5) is 13.0. The first-order valence-corrected chi connectivity index (χ1v) is 12.5. The predicted octanol–water partition coefficient (Wildman–Crippen LogP) is 3.35. The first kappa shape index (κ1) is 22.7. The third-order valence-corrected chi connectivity index (χ3v) is 6.99. The van der Waals surface area contributed by atoms with Gasteiger partial charge >= 0.3 is 0 Å². The summed E-state index contributed by atoms with van der Waals surface area (Å²) in [6.07, 6.45) is 2.26. The molecule has 3 rings (SSSR count). The van der Waals surface area contributed by atoms with Crippen molar-refractivity contribution in [1.29, 1.82) is 0 Å². The van der Waals surface area contributed by atoms with Crippen LogP contribution in [0, 0.1) is 0 Å². The lowest BCUT2D eigenvalue weighted by Crippen LogP contribution is -2.47. The van der Waals surface area contributed by atoms with Crippen molar-refractivity contribution in [2.45, 2.75) is 30.3 Å². The Kier molecular flexibility index (Phi) is 7.51. The number of hydrogen-bond acceptors (Lipinski definition) is 6. The molecule has 0 spiro atoms. The van der Waals surface area contributed by atoms with E-state index in [0.717, 1.165) is 5.56 Å². The molecule has 10 heteroatoms. The number of benzene rings is 2. The summed E-state index contributed by atoms with van der Waals surface area (Å²) < 4.78 is 38.7. The molecule has 30 heavy (non-hydrogen) atoms. The van der Waals surface area contributed by atoms with Gasteiger partial charge in [-0.15, -0.1) is 0 Å². The van der Waals surface area contributed by atoms with Crippen molar-refractivity contribution < 1.29 is 22.7 Å². The Balaban J connectivity index is 1.72. The molecule has 1 aliphatic rings. The monoisotopic (exact) mass is 470 g/mol. The van der Waals surface area contributed by atoms with Crippen LogP contribution < -0.4 is 19.5 Å². The maximum Gasteiger partial charge on any atom is 0.241 e. The summed E-state index contributed by atoms with van der Waals surface area (Å²) >= 11 is 7.38. The average Bonchev–Trinajstić information content (AvgIpc) is 3.19. The molecule has 0 fully saturated rings. The standard InChI is InChI=1S/C20H23ClN2O5S2/c1-13(14-3-8-18-19(11-14)28-12-27-18)22-20(24)17(9-10-29-2)23-30(25,26)16-6-4-15(21)5-7-16/h3-8,11,13,17,23H,9-10,12H2,1-2H3,(H,22,24). The number of hydrogen-bond donors (Lipinski definition) is 2. The van der Waals surface area contributed by atoms with Crippen LogP contribution >= 0.6 is 23.4 Å². The van der Waals surface area contributed by atoms with Crippen LogP contribution in [0.1, 0.15) is 24.9 Å². The molecule has 2 aromatic rings. The topological polar surface area (TPSA) is 93.7 Å². The van der Waals surface area contributed by atoms with E-state index in [-0.39, 0.29) is 17.7 Å². The van der Waals surface area contributed by atoms with Gasteiger partial charge in [0.1, 0.15) is 6.04 Å². The van der Waals surface area contributed by atoms with E-state index in [1.54, 1.807) is 6.07 Å². The fraction of sp³-hybridized carbons (Fsp3) is 0.350. The van der Waals surface area contributed by atoms with Crippen LogP contribution in [0.2, 0.25) is 5.02 Å². The number of nitrogens with one attached hydrogen (secondary N) is 2. The number of thioether (sulfide) groups is 1. The molecule has 162 valence electrons. The van der Waals surface area contributed by atoms with Gasteiger partial charge in [-0.2, -0.15) is 16.5 Å². The van der Waals surface area contributed by atoms with Gasteiger partial charge in [0.15, 0.2) is 11.5 Å². The fourth-order valence-electron chi connectivity index (χ4n) is 2.93. The number of fused-ring (bicyclic) bond motifs is 1. The summed E-state index contributed by atoms with van der Waals surface area (Å²) in [5.41, 5.74) is 0.830. The maximum atomic E-state index is 12.9. The van der Waals surface area contributed by atoms with E-state index in [1.165, 1.54) is 36.0 Å². The molecule has 0 saturated heterocycles. The van der Waals surface area contributed by atoms with Crippen LogP contribution in [-0.2, 0) is 14.8 Å². The molecule has 0 saturated carbocycles. The Hall–Kier alpha value is -1.94. The highest BCUT2D eigenvalue weighted by atomic mass is 35.5. The van der Waals surface area contributed by atoms with Crippen molar-refractivity contribution in [2.75, 3.05) is 18.8 Å². The molecular formula is C20H23ClN2O5S2. The lowest BCUT2D eigenvalue weighted by molar-refractivity contribution is -0.123. The number of carbonyl (C=O) groups excluding carboxylic acids is 1. The van der Waals surface area contributed by atoms with E-state index < -0.39 is 22.0 Å². The molecule has 1 aliphatic heterocycles. The second-order valence-corrected chi connectivity index (χ2v) is 9.89. The van der Waals surface area contributed by atoms with Crippen LogP contribution in [0.3, 0.4) is 0 Å². The summed E-state index contributed by atoms with van der Waals surface area (Å²) in [6.45, 7) is 2.00. The van der Waals surface area contributed by atoms with Gasteiger partial charge in [-0.25, -0.2) is 8.42 Å². The lowest BCUT2D eigenvalue weighted by atomic mass is 10.1. The minimum atomic E-state index is -3.88. The van der Waals surface area contributed by atoms with Gasteiger partial charge in [0, 0.05) is 5.02 Å². The SMILES string of the molecule is CSCCC(NS(=O)(=O)c1ccc(Cl)cc1)C(=O)NC(C)c1ccc2c(c1)OCO2. The highest BCUT2D eigenvalue weighted by Gasteiger charge is 2.27. The van der Waals surface area contributed by atoms with Gasteiger partial charge in [-0.05, 0) is 67.3 Å². The van der Waals surface area contributed by atoms with Crippen LogP contribution in [0.25, 0.3) is 0 Å². The summed E-state index contributed by atoms with van der Waals surface area (Å²) in [7, 11) is -3.88. The molecule has 2 atom stereocenters. The van der Waals surface area contributed by atoms with Crippen molar-refractivity contribution in [1.82, 2.24) is 10.0 Å². The van der Waals surface area contributed by atoms with Crippen LogP contribution in [0.5, 0.6) is 11.5 Å². The molecule has 0 bridgehead atoms. The number of carbonyl (C=O) groups is 1. The molecular weight excluding hydrogens is 448 g/mol. The largest absolute Gasteiger partial charge is 0.454 e. The van der Waals surface area contributed by atoms with Gasteiger partial charge in [0.25, 0.3) is 0 Å². The Labute approximate surface area is 185 Å². The molecule has 0 aromatic heterocycles. The van der Waals surface area contributed by atoms with Crippen molar-refractivity contribution in [3.8, 4) is 11.5 Å².